The van der Waals surface area contributed by atoms with Crippen LogP contribution in [0, 0.1) is 13.8 Å². The Morgan fingerprint density at radius 3 is 2.19 bits per heavy atom. The summed E-state index contributed by atoms with van der Waals surface area (Å²) in [6.07, 6.45) is 3.06. The highest BCUT2D eigenvalue weighted by atomic mass is 32.2. The number of nitrogens with zero attached hydrogens (tertiary/aromatic N) is 1. The fraction of sp³-hybridized carbons (Fsp3) is 0.167. The molecule has 0 aliphatic carbocycles. The lowest BCUT2D eigenvalue weighted by Gasteiger charge is -2.07. The summed E-state index contributed by atoms with van der Waals surface area (Å²) in [5, 5.41) is 0. The SMILES string of the molecule is Cc1ccc(S(=O)(=O)n2cccc2)cc1C. The maximum Gasteiger partial charge on any atom is 0.267 e. The van der Waals surface area contributed by atoms with E-state index < -0.39 is 10.0 Å². The van der Waals surface area contributed by atoms with Crippen molar-refractivity contribution in [3.63, 3.8) is 0 Å². The van der Waals surface area contributed by atoms with Crippen molar-refractivity contribution in [2.75, 3.05) is 0 Å². The van der Waals surface area contributed by atoms with Crippen LogP contribution in [-0.4, -0.2) is 12.4 Å². The lowest BCUT2D eigenvalue weighted by Crippen LogP contribution is -2.10. The Morgan fingerprint density at radius 2 is 1.62 bits per heavy atom. The van der Waals surface area contributed by atoms with Crippen molar-refractivity contribution in [3.8, 4) is 0 Å². The van der Waals surface area contributed by atoms with Gasteiger partial charge in [-0.25, -0.2) is 12.4 Å². The standard InChI is InChI=1S/C12H13NO2S/c1-10-5-6-12(9-11(10)2)16(14,15)13-7-3-4-8-13/h3-9H,1-2H3. The van der Waals surface area contributed by atoms with Crippen LogP contribution in [-0.2, 0) is 10.0 Å². The van der Waals surface area contributed by atoms with Gasteiger partial charge in [0.25, 0.3) is 10.0 Å². The van der Waals surface area contributed by atoms with Gasteiger partial charge in [-0.1, -0.05) is 6.07 Å². The van der Waals surface area contributed by atoms with E-state index in [0.717, 1.165) is 11.1 Å². The van der Waals surface area contributed by atoms with Crippen molar-refractivity contribution in [1.82, 2.24) is 3.97 Å². The Morgan fingerprint density at radius 1 is 1.00 bits per heavy atom. The van der Waals surface area contributed by atoms with Crippen LogP contribution in [0.2, 0.25) is 0 Å². The molecule has 0 aliphatic rings. The minimum atomic E-state index is -3.42. The first-order valence-electron chi connectivity index (χ1n) is 4.97. The molecule has 0 bridgehead atoms. The van der Waals surface area contributed by atoms with Gasteiger partial charge in [-0.2, -0.15) is 0 Å². The normalized spacial score (nSPS) is 11.6. The van der Waals surface area contributed by atoms with Gasteiger partial charge in [0.2, 0.25) is 0 Å². The van der Waals surface area contributed by atoms with Gasteiger partial charge >= 0.3 is 0 Å². The number of hydrogen-bond acceptors (Lipinski definition) is 2. The molecule has 84 valence electrons. The highest BCUT2D eigenvalue weighted by Gasteiger charge is 2.15. The van der Waals surface area contributed by atoms with Gasteiger partial charge in [0.15, 0.2) is 0 Å². The van der Waals surface area contributed by atoms with E-state index in [1.807, 2.05) is 19.9 Å². The van der Waals surface area contributed by atoms with Crippen molar-refractivity contribution in [2.45, 2.75) is 18.7 Å². The van der Waals surface area contributed by atoms with Gasteiger partial charge in [0.1, 0.15) is 0 Å². The quantitative estimate of drug-likeness (QED) is 0.801. The minimum Gasteiger partial charge on any atom is -0.249 e. The summed E-state index contributed by atoms with van der Waals surface area (Å²) in [7, 11) is -3.42. The third kappa shape index (κ3) is 1.76. The lowest BCUT2D eigenvalue weighted by atomic mass is 10.1. The molecule has 0 radical (unpaired) electrons. The molecule has 0 saturated heterocycles. The predicted molar refractivity (Wildman–Crippen MR) is 62.9 cm³/mol. The first-order valence-corrected chi connectivity index (χ1v) is 6.41. The predicted octanol–water partition coefficient (Wildman–Crippen LogP) is 2.34. The van der Waals surface area contributed by atoms with E-state index in [1.54, 1.807) is 24.3 Å². The number of aromatic nitrogens is 1. The summed E-state index contributed by atoms with van der Waals surface area (Å²) in [5.41, 5.74) is 2.07. The average molecular weight is 235 g/mol. The fourth-order valence-electron chi connectivity index (χ4n) is 1.48. The molecule has 0 unspecified atom stereocenters. The van der Waals surface area contributed by atoms with Crippen LogP contribution in [0.1, 0.15) is 11.1 Å². The van der Waals surface area contributed by atoms with Crippen LogP contribution in [0.15, 0.2) is 47.6 Å². The molecule has 0 atom stereocenters. The van der Waals surface area contributed by atoms with Gasteiger partial charge < -0.3 is 0 Å². The second-order valence-corrected chi connectivity index (χ2v) is 5.61. The Bertz CT molecular complexity index is 598. The molecule has 0 saturated carbocycles. The van der Waals surface area contributed by atoms with Gasteiger partial charge in [-0.15, -0.1) is 0 Å². The molecule has 2 rings (SSSR count). The Kier molecular flexibility index (Phi) is 2.59. The molecule has 1 heterocycles. The zero-order valence-electron chi connectivity index (χ0n) is 9.21. The Labute approximate surface area is 95.4 Å². The summed E-state index contributed by atoms with van der Waals surface area (Å²) in [5.74, 6) is 0. The lowest BCUT2D eigenvalue weighted by molar-refractivity contribution is 0.587. The van der Waals surface area contributed by atoms with E-state index in [0.29, 0.717) is 4.90 Å². The topological polar surface area (TPSA) is 39.1 Å². The van der Waals surface area contributed by atoms with Crippen LogP contribution in [0.5, 0.6) is 0 Å². The third-order valence-corrected chi connectivity index (χ3v) is 4.28. The molecule has 0 aliphatic heterocycles. The van der Waals surface area contributed by atoms with Crippen molar-refractivity contribution in [3.05, 3.63) is 53.9 Å². The minimum absolute atomic E-state index is 0.326. The van der Waals surface area contributed by atoms with Gasteiger partial charge in [0, 0.05) is 12.4 Å². The van der Waals surface area contributed by atoms with Gasteiger partial charge in [-0.3, -0.25) is 0 Å². The fourth-order valence-corrected chi connectivity index (χ4v) is 2.75. The van der Waals surface area contributed by atoms with Crippen LogP contribution in [0.3, 0.4) is 0 Å². The monoisotopic (exact) mass is 235 g/mol. The second kappa shape index (κ2) is 3.79. The second-order valence-electron chi connectivity index (χ2n) is 3.76. The largest absolute Gasteiger partial charge is 0.267 e. The number of aryl methyl sites for hydroxylation is 2. The Balaban J connectivity index is 2.57. The number of rotatable bonds is 2. The molecule has 16 heavy (non-hydrogen) atoms. The molecular formula is C12H13NO2S. The van der Waals surface area contributed by atoms with E-state index in [1.165, 1.54) is 16.4 Å². The van der Waals surface area contributed by atoms with Crippen LogP contribution >= 0.6 is 0 Å². The van der Waals surface area contributed by atoms with E-state index in [2.05, 4.69) is 0 Å². The third-order valence-electron chi connectivity index (χ3n) is 2.63. The number of benzene rings is 1. The molecule has 2 aromatic rings. The first kappa shape index (κ1) is 11.0. The zero-order chi connectivity index (χ0) is 11.8. The summed E-state index contributed by atoms with van der Waals surface area (Å²) in [4.78, 5) is 0.326. The summed E-state index contributed by atoms with van der Waals surface area (Å²) >= 11 is 0. The summed E-state index contributed by atoms with van der Waals surface area (Å²) < 4.78 is 25.5. The summed E-state index contributed by atoms with van der Waals surface area (Å²) in [6, 6.07) is 8.55. The first-order chi connectivity index (χ1) is 7.51. The van der Waals surface area contributed by atoms with E-state index in [-0.39, 0.29) is 0 Å². The van der Waals surface area contributed by atoms with E-state index in [4.69, 9.17) is 0 Å². The molecule has 3 nitrogen and oxygen atoms in total. The highest BCUT2D eigenvalue weighted by Crippen LogP contribution is 2.17. The molecule has 0 N–H and O–H groups in total. The molecule has 4 heteroatoms. The van der Waals surface area contributed by atoms with Gasteiger partial charge in [0.05, 0.1) is 4.90 Å². The van der Waals surface area contributed by atoms with Crippen molar-refractivity contribution < 1.29 is 8.42 Å². The number of hydrogen-bond donors (Lipinski definition) is 0. The van der Waals surface area contributed by atoms with Crippen LogP contribution < -0.4 is 0 Å². The highest BCUT2D eigenvalue weighted by molar-refractivity contribution is 7.90. The van der Waals surface area contributed by atoms with Crippen molar-refractivity contribution in [2.24, 2.45) is 0 Å². The van der Waals surface area contributed by atoms with E-state index >= 15 is 0 Å². The molecule has 0 spiro atoms. The van der Waals surface area contributed by atoms with Crippen LogP contribution in [0.25, 0.3) is 0 Å². The maximum atomic E-state index is 12.1. The summed E-state index contributed by atoms with van der Waals surface area (Å²) in [6.45, 7) is 3.87. The Hall–Kier alpha value is -1.55. The molecule has 0 fully saturated rings. The average Bonchev–Trinajstić information content (AvgIpc) is 2.75. The van der Waals surface area contributed by atoms with Crippen LogP contribution in [0.4, 0.5) is 0 Å². The smallest absolute Gasteiger partial charge is 0.249 e. The maximum absolute atomic E-state index is 12.1. The molecule has 1 aromatic carbocycles. The molecule has 1 aromatic heterocycles. The molecular weight excluding hydrogens is 222 g/mol. The van der Waals surface area contributed by atoms with Crippen molar-refractivity contribution >= 4 is 10.0 Å². The zero-order valence-corrected chi connectivity index (χ0v) is 10.0. The molecule has 0 amide bonds. The van der Waals surface area contributed by atoms with E-state index in [9.17, 15) is 8.42 Å². The van der Waals surface area contributed by atoms with Gasteiger partial charge in [-0.05, 0) is 49.2 Å². The van der Waals surface area contributed by atoms with Crippen molar-refractivity contribution in [1.29, 1.82) is 0 Å².